The Bertz CT molecular complexity index is 1180. The van der Waals surface area contributed by atoms with Gasteiger partial charge in [0.15, 0.2) is 0 Å². The average Bonchev–Trinajstić information content (AvgIpc) is 3.17. The van der Waals surface area contributed by atoms with E-state index in [2.05, 4.69) is 34.9 Å². The van der Waals surface area contributed by atoms with Crippen molar-refractivity contribution in [2.75, 3.05) is 11.9 Å². The molecule has 7 nitrogen and oxygen atoms in total. The lowest BCUT2D eigenvalue weighted by atomic mass is 9.98. The lowest BCUT2D eigenvalue weighted by Crippen LogP contribution is -2.38. The van der Waals surface area contributed by atoms with Crippen molar-refractivity contribution >= 4 is 23.7 Å². The van der Waals surface area contributed by atoms with Gasteiger partial charge in [-0.3, -0.25) is 9.59 Å². The van der Waals surface area contributed by atoms with Crippen molar-refractivity contribution < 1.29 is 24.2 Å². The maximum absolute atomic E-state index is 12.5. The molecule has 0 bridgehead atoms. The molecule has 0 aliphatic heterocycles. The first-order chi connectivity index (χ1) is 16.9. The number of hydrogen-bond donors (Lipinski definition) is 3. The molecule has 0 saturated heterocycles. The van der Waals surface area contributed by atoms with Crippen LogP contribution in [0.1, 0.15) is 42.4 Å². The highest BCUT2D eigenvalue weighted by molar-refractivity contribution is 5.91. The molecule has 1 atom stereocenters. The Morgan fingerprint density at radius 3 is 2.09 bits per heavy atom. The van der Waals surface area contributed by atoms with E-state index < -0.39 is 12.1 Å². The molecule has 0 radical (unpaired) electrons. The summed E-state index contributed by atoms with van der Waals surface area (Å²) in [6.07, 6.45) is 0.0349. The van der Waals surface area contributed by atoms with Crippen LogP contribution in [0.15, 0.2) is 72.8 Å². The number of hydrogen-bond acceptors (Lipinski definition) is 4. The first-order valence-corrected chi connectivity index (χ1v) is 11.7. The van der Waals surface area contributed by atoms with Gasteiger partial charge < -0.3 is 20.5 Å². The molecule has 0 unspecified atom stereocenters. The number of anilines is 1. The Morgan fingerprint density at radius 1 is 0.914 bits per heavy atom. The Kier molecular flexibility index (Phi) is 7.45. The third-order valence-corrected chi connectivity index (χ3v) is 6.18. The molecular formula is C28H28N2O5. The standard InChI is InChI=1S/C28H28N2O5/c1-2-19(16-26(31)29-20-13-11-18(12-14-20)15-27(32)33)30-28(34)35-17-25-23-9-5-3-7-21(23)22-8-4-6-10-24(22)25/h3-14,19,25H,2,15-17H2,1H3,(H,29,31)(H,30,34)(H,32,33)/t19-/m1/s1. The van der Waals surface area contributed by atoms with E-state index in [1.54, 1.807) is 24.3 Å². The van der Waals surface area contributed by atoms with Gasteiger partial charge in [-0.25, -0.2) is 4.79 Å². The lowest BCUT2D eigenvalue weighted by Gasteiger charge is -2.19. The quantitative estimate of drug-likeness (QED) is 0.408. The Labute approximate surface area is 204 Å². The molecule has 2 amide bonds. The number of carbonyl (C=O) groups is 3. The summed E-state index contributed by atoms with van der Waals surface area (Å²) in [6.45, 7) is 2.10. The minimum atomic E-state index is -0.910. The van der Waals surface area contributed by atoms with Crippen molar-refractivity contribution in [3.63, 3.8) is 0 Å². The van der Waals surface area contributed by atoms with Crippen molar-refractivity contribution in [1.29, 1.82) is 0 Å². The zero-order valence-corrected chi connectivity index (χ0v) is 19.5. The van der Waals surface area contributed by atoms with E-state index in [-0.39, 0.29) is 37.3 Å². The van der Waals surface area contributed by atoms with Gasteiger partial charge in [0.2, 0.25) is 5.91 Å². The fourth-order valence-corrected chi connectivity index (χ4v) is 4.42. The number of rotatable bonds is 9. The van der Waals surface area contributed by atoms with Crippen LogP contribution in [0.4, 0.5) is 10.5 Å². The maximum atomic E-state index is 12.5. The number of ether oxygens (including phenoxy) is 1. The van der Waals surface area contributed by atoms with Gasteiger partial charge in [0.05, 0.1) is 6.42 Å². The van der Waals surface area contributed by atoms with Gasteiger partial charge in [-0.1, -0.05) is 67.6 Å². The van der Waals surface area contributed by atoms with Crippen LogP contribution in [-0.2, 0) is 20.7 Å². The molecule has 4 rings (SSSR count). The topological polar surface area (TPSA) is 105 Å². The minimum Gasteiger partial charge on any atom is -0.481 e. The monoisotopic (exact) mass is 472 g/mol. The van der Waals surface area contributed by atoms with Crippen LogP contribution < -0.4 is 10.6 Å². The number of fused-ring (bicyclic) bond motifs is 3. The number of benzene rings is 3. The van der Waals surface area contributed by atoms with E-state index in [1.807, 2.05) is 31.2 Å². The molecular weight excluding hydrogens is 444 g/mol. The predicted molar refractivity (Wildman–Crippen MR) is 133 cm³/mol. The molecule has 180 valence electrons. The smallest absolute Gasteiger partial charge is 0.407 e. The molecule has 0 spiro atoms. The summed E-state index contributed by atoms with van der Waals surface area (Å²) in [5.41, 5.74) is 5.83. The molecule has 7 heteroatoms. The number of carbonyl (C=O) groups excluding carboxylic acids is 2. The zero-order valence-electron chi connectivity index (χ0n) is 19.5. The van der Waals surface area contributed by atoms with E-state index in [4.69, 9.17) is 9.84 Å². The van der Waals surface area contributed by atoms with Crippen LogP contribution in [0.5, 0.6) is 0 Å². The van der Waals surface area contributed by atoms with Gasteiger partial charge in [0.25, 0.3) is 0 Å². The molecule has 0 saturated carbocycles. The van der Waals surface area contributed by atoms with E-state index in [0.717, 1.165) is 22.3 Å². The predicted octanol–water partition coefficient (Wildman–Crippen LogP) is 4.96. The molecule has 0 aromatic heterocycles. The highest BCUT2D eigenvalue weighted by Crippen LogP contribution is 2.44. The number of nitrogens with one attached hydrogen (secondary N) is 2. The minimum absolute atomic E-state index is 0.0272. The summed E-state index contributed by atoms with van der Waals surface area (Å²) >= 11 is 0. The van der Waals surface area contributed by atoms with Gasteiger partial charge in [-0.05, 0) is 46.4 Å². The van der Waals surface area contributed by atoms with E-state index in [1.165, 1.54) is 0 Å². The van der Waals surface area contributed by atoms with Crippen LogP contribution in [-0.4, -0.2) is 35.7 Å². The molecule has 1 aliphatic rings. The normalized spacial score (nSPS) is 12.8. The summed E-state index contributed by atoms with van der Waals surface area (Å²) in [7, 11) is 0. The fourth-order valence-electron chi connectivity index (χ4n) is 4.42. The lowest BCUT2D eigenvalue weighted by molar-refractivity contribution is -0.136. The van der Waals surface area contributed by atoms with E-state index >= 15 is 0 Å². The van der Waals surface area contributed by atoms with Gasteiger partial charge in [-0.2, -0.15) is 0 Å². The van der Waals surface area contributed by atoms with Crippen LogP contribution in [0.25, 0.3) is 11.1 Å². The number of alkyl carbamates (subject to hydrolysis) is 1. The highest BCUT2D eigenvalue weighted by Gasteiger charge is 2.29. The summed E-state index contributed by atoms with van der Waals surface area (Å²) in [4.78, 5) is 35.8. The number of carboxylic acids is 1. The highest BCUT2D eigenvalue weighted by atomic mass is 16.5. The summed E-state index contributed by atoms with van der Waals surface area (Å²) in [5.74, 6) is -1.19. The second-order valence-electron chi connectivity index (χ2n) is 8.59. The molecule has 0 fully saturated rings. The van der Waals surface area contributed by atoms with Crippen molar-refractivity contribution in [2.24, 2.45) is 0 Å². The Balaban J connectivity index is 1.30. The largest absolute Gasteiger partial charge is 0.481 e. The van der Waals surface area contributed by atoms with Crippen molar-refractivity contribution in [3.8, 4) is 11.1 Å². The van der Waals surface area contributed by atoms with Crippen LogP contribution in [0, 0.1) is 0 Å². The van der Waals surface area contributed by atoms with Crippen LogP contribution >= 0.6 is 0 Å². The van der Waals surface area contributed by atoms with Crippen LogP contribution in [0.2, 0.25) is 0 Å². The molecule has 3 aromatic rings. The van der Waals surface area contributed by atoms with Gasteiger partial charge in [0.1, 0.15) is 6.61 Å². The first kappa shape index (κ1) is 24.0. The third-order valence-electron chi connectivity index (χ3n) is 6.18. The zero-order chi connectivity index (χ0) is 24.8. The van der Waals surface area contributed by atoms with Gasteiger partial charge in [0, 0.05) is 24.1 Å². The Morgan fingerprint density at radius 2 is 1.51 bits per heavy atom. The molecule has 1 aliphatic carbocycles. The van der Waals surface area contributed by atoms with Crippen molar-refractivity contribution in [1.82, 2.24) is 5.32 Å². The number of carboxylic acid groups (broad SMARTS) is 1. The maximum Gasteiger partial charge on any atom is 0.407 e. The van der Waals surface area contributed by atoms with Crippen molar-refractivity contribution in [2.45, 2.75) is 38.1 Å². The summed E-state index contributed by atoms with van der Waals surface area (Å²) in [5, 5.41) is 14.4. The second kappa shape index (κ2) is 10.9. The van der Waals surface area contributed by atoms with Gasteiger partial charge in [-0.15, -0.1) is 0 Å². The van der Waals surface area contributed by atoms with Crippen LogP contribution in [0.3, 0.4) is 0 Å². The summed E-state index contributed by atoms with van der Waals surface area (Å²) in [6, 6.07) is 22.6. The van der Waals surface area contributed by atoms with E-state index in [0.29, 0.717) is 17.7 Å². The molecule has 3 N–H and O–H groups in total. The SMILES string of the molecule is CC[C@H](CC(=O)Nc1ccc(CC(=O)O)cc1)NC(=O)OCC1c2ccccc2-c2ccccc21. The summed E-state index contributed by atoms with van der Waals surface area (Å²) < 4.78 is 5.59. The molecule has 0 heterocycles. The van der Waals surface area contributed by atoms with Crippen molar-refractivity contribution in [3.05, 3.63) is 89.5 Å². The molecule has 3 aromatic carbocycles. The second-order valence-corrected chi connectivity index (χ2v) is 8.59. The average molecular weight is 473 g/mol. The number of amides is 2. The first-order valence-electron chi connectivity index (χ1n) is 11.7. The fraction of sp³-hybridized carbons (Fsp3) is 0.250. The number of aliphatic carboxylic acids is 1. The van der Waals surface area contributed by atoms with E-state index in [9.17, 15) is 14.4 Å². The third kappa shape index (κ3) is 5.87. The Hall–Kier alpha value is -4.13. The van der Waals surface area contributed by atoms with Gasteiger partial charge >= 0.3 is 12.1 Å². The molecule has 35 heavy (non-hydrogen) atoms.